The lowest BCUT2D eigenvalue weighted by atomic mass is 10.1. The summed E-state index contributed by atoms with van der Waals surface area (Å²) in [5.74, 6) is 1.65. The van der Waals surface area contributed by atoms with Crippen LogP contribution in [0.5, 0.6) is 0 Å². The second-order valence-electron chi connectivity index (χ2n) is 6.38. The summed E-state index contributed by atoms with van der Waals surface area (Å²) in [5, 5.41) is 0. The molecule has 3 heterocycles. The molecule has 0 spiro atoms. The summed E-state index contributed by atoms with van der Waals surface area (Å²) in [6.45, 7) is 3.09. The van der Waals surface area contributed by atoms with Gasteiger partial charge in [-0.25, -0.2) is 0 Å². The largest absolute Gasteiger partial charge is 0.440 e. The number of benzene rings is 2. The molecule has 3 aromatic rings. The van der Waals surface area contributed by atoms with Gasteiger partial charge in [-0.3, -0.25) is 0 Å². The molecule has 5 rings (SSSR count). The van der Waals surface area contributed by atoms with Crippen LogP contribution in [-0.2, 0) is 4.74 Å². The lowest BCUT2D eigenvalue weighted by Gasteiger charge is -2.27. The molecule has 2 aromatic carbocycles. The highest BCUT2D eigenvalue weighted by Gasteiger charge is 2.22. The minimum absolute atomic E-state index is 0.719. The Morgan fingerprint density at radius 1 is 0.852 bits per heavy atom. The van der Waals surface area contributed by atoms with Crippen molar-refractivity contribution in [3.05, 3.63) is 59.1 Å². The number of hydrogen-bond donors (Lipinski definition) is 0. The van der Waals surface area contributed by atoms with Crippen molar-refractivity contribution >= 4 is 41.6 Å². The average molecular weight is 412 g/mol. The second-order valence-corrected chi connectivity index (χ2v) is 8.99. The summed E-state index contributed by atoms with van der Waals surface area (Å²) in [5.41, 5.74) is 1.10. The molecule has 136 valence electrons. The minimum Gasteiger partial charge on any atom is -0.440 e. The van der Waals surface area contributed by atoms with Gasteiger partial charge in [0.15, 0.2) is 5.88 Å². The van der Waals surface area contributed by atoms with Crippen molar-refractivity contribution in [2.24, 2.45) is 0 Å². The Kier molecular flexibility index (Phi) is 4.73. The van der Waals surface area contributed by atoms with Crippen LogP contribution in [0.15, 0.2) is 78.6 Å². The van der Waals surface area contributed by atoms with Crippen LogP contribution in [0.2, 0.25) is 0 Å². The molecule has 0 amide bonds. The summed E-state index contributed by atoms with van der Waals surface area (Å²) in [6, 6.07) is 18.8. The van der Waals surface area contributed by atoms with Crippen molar-refractivity contribution in [1.82, 2.24) is 0 Å². The zero-order chi connectivity index (χ0) is 18.2. The first kappa shape index (κ1) is 17.4. The van der Waals surface area contributed by atoms with Crippen LogP contribution in [0.25, 0.3) is 11.3 Å². The third kappa shape index (κ3) is 3.43. The Morgan fingerprint density at radius 3 is 2.41 bits per heavy atom. The van der Waals surface area contributed by atoms with Gasteiger partial charge in [0, 0.05) is 48.8 Å². The van der Waals surface area contributed by atoms with Gasteiger partial charge in [-0.2, -0.15) is 0 Å². The molecule has 0 aliphatic carbocycles. The lowest BCUT2D eigenvalue weighted by molar-refractivity contribution is 0.120. The number of ether oxygens (including phenoxy) is 1. The van der Waals surface area contributed by atoms with Gasteiger partial charge in [0.05, 0.1) is 13.2 Å². The van der Waals surface area contributed by atoms with Gasteiger partial charge in [-0.15, -0.1) is 0 Å². The smallest absolute Gasteiger partial charge is 0.197 e. The first-order valence-electron chi connectivity index (χ1n) is 8.84. The van der Waals surface area contributed by atoms with Crippen molar-refractivity contribution in [2.75, 3.05) is 31.2 Å². The van der Waals surface area contributed by atoms with Gasteiger partial charge < -0.3 is 14.1 Å². The van der Waals surface area contributed by atoms with E-state index in [9.17, 15) is 0 Å². The standard InChI is InChI=1S/C21H17NO2S3/c25-14-12-16(24-20(13-14)22-8-10-23-11-9-22)15-4-3-7-19-21(15)27-18-6-2-1-5-17(18)26-19/h1-7,12-13H,8-11H2. The maximum atomic E-state index is 6.32. The summed E-state index contributed by atoms with van der Waals surface area (Å²) < 4.78 is 12.6. The Labute approximate surface area is 171 Å². The SMILES string of the molecule is S=c1cc(-c2cccc3c2Sc2ccccc2S3)oc(N2CCOCC2)c1. The van der Waals surface area contributed by atoms with Crippen LogP contribution in [0.1, 0.15) is 0 Å². The Balaban J connectivity index is 1.58. The normalized spacial score (nSPS) is 15.9. The van der Waals surface area contributed by atoms with Crippen LogP contribution < -0.4 is 4.90 Å². The van der Waals surface area contributed by atoms with E-state index in [1.54, 1.807) is 11.8 Å². The molecule has 3 nitrogen and oxygen atoms in total. The molecular formula is C21H17NO2S3. The number of rotatable bonds is 2. The van der Waals surface area contributed by atoms with Gasteiger partial charge in [0.1, 0.15) is 5.76 Å². The van der Waals surface area contributed by atoms with E-state index >= 15 is 0 Å². The van der Waals surface area contributed by atoms with E-state index < -0.39 is 0 Å². The van der Waals surface area contributed by atoms with Crippen LogP contribution in [0, 0.1) is 4.51 Å². The highest BCUT2D eigenvalue weighted by molar-refractivity contribution is 8.05. The molecule has 0 atom stereocenters. The fourth-order valence-corrected chi connectivity index (χ4v) is 5.87. The molecule has 0 saturated carbocycles. The molecule has 6 heteroatoms. The Bertz CT molecular complexity index is 1060. The highest BCUT2D eigenvalue weighted by atomic mass is 32.2. The van der Waals surface area contributed by atoms with E-state index in [2.05, 4.69) is 47.4 Å². The van der Waals surface area contributed by atoms with Crippen molar-refractivity contribution in [3.63, 3.8) is 0 Å². The lowest BCUT2D eigenvalue weighted by Crippen LogP contribution is -2.36. The third-order valence-corrected chi connectivity index (χ3v) is 7.45. The van der Waals surface area contributed by atoms with Crippen LogP contribution in [-0.4, -0.2) is 26.3 Å². The maximum absolute atomic E-state index is 6.32. The molecule has 2 aliphatic rings. The number of nitrogens with zero attached hydrogens (tertiary/aromatic N) is 1. The monoisotopic (exact) mass is 411 g/mol. The second kappa shape index (κ2) is 7.36. The average Bonchev–Trinajstić information content (AvgIpc) is 2.72. The molecule has 2 aliphatic heterocycles. The van der Waals surface area contributed by atoms with Gasteiger partial charge in [0.25, 0.3) is 0 Å². The third-order valence-electron chi connectivity index (χ3n) is 4.60. The topological polar surface area (TPSA) is 25.6 Å². The van der Waals surface area contributed by atoms with Gasteiger partial charge >= 0.3 is 0 Å². The molecule has 0 N–H and O–H groups in total. The molecule has 1 saturated heterocycles. The number of fused-ring (bicyclic) bond motifs is 2. The van der Waals surface area contributed by atoms with Gasteiger partial charge in [-0.1, -0.05) is 60.0 Å². The Morgan fingerprint density at radius 2 is 1.59 bits per heavy atom. The molecule has 1 aromatic heterocycles. The van der Waals surface area contributed by atoms with Gasteiger partial charge in [0.2, 0.25) is 0 Å². The van der Waals surface area contributed by atoms with Gasteiger partial charge in [-0.05, 0) is 24.3 Å². The van der Waals surface area contributed by atoms with Crippen LogP contribution >= 0.6 is 35.7 Å². The quantitative estimate of drug-likeness (QED) is 0.368. The summed E-state index contributed by atoms with van der Waals surface area (Å²) in [7, 11) is 0. The zero-order valence-electron chi connectivity index (χ0n) is 14.5. The van der Waals surface area contributed by atoms with Crippen molar-refractivity contribution in [2.45, 2.75) is 19.6 Å². The summed E-state index contributed by atoms with van der Waals surface area (Å²) in [6.07, 6.45) is 0. The summed E-state index contributed by atoms with van der Waals surface area (Å²) >= 11 is 9.16. The van der Waals surface area contributed by atoms with E-state index in [-0.39, 0.29) is 0 Å². The molecule has 0 bridgehead atoms. The molecule has 27 heavy (non-hydrogen) atoms. The Hall–Kier alpha value is -1.73. The highest BCUT2D eigenvalue weighted by Crippen LogP contribution is 2.51. The minimum atomic E-state index is 0.719. The van der Waals surface area contributed by atoms with Crippen molar-refractivity contribution in [1.29, 1.82) is 0 Å². The van der Waals surface area contributed by atoms with Crippen LogP contribution in [0.3, 0.4) is 0 Å². The fraction of sp³-hybridized carbons (Fsp3) is 0.190. The number of hydrogen-bond acceptors (Lipinski definition) is 6. The number of anilines is 1. The van der Waals surface area contributed by atoms with Crippen LogP contribution in [0.4, 0.5) is 5.88 Å². The maximum Gasteiger partial charge on any atom is 0.197 e. The van der Waals surface area contributed by atoms with E-state index in [1.165, 1.54) is 19.6 Å². The summed E-state index contributed by atoms with van der Waals surface area (Å²) in [4.78, 5) is 7.28. The molecule has 1 fully saturated rings. The van der Waals surface area contributed by atoms with E-state index in [0.717, 1.165) is 48.0 Å². The first-order chi connectivity index (χ1) is 13.3. The van der Waals surface area contributed by atoms with Crippen molar-refractivity contribution < 1.29 is 9.15 Å². The molecule has 0 radical (unpaired) electrons. The fourth-order valence-electron chi connectivity index (χ4n) is 3.28. The molecular weight excluding hydrogens is 394 g/mol. The van der Waals surface area contributed by atoms with Crippen molar-refractivity contribution in [3.8, 4) is 11.3 Å². The molecule has 0 unspecified atom stereocenters. The predicted molar refractivity (Wildman–Crippen MR) is 113 cm³/mol. The van der Waals surface area contributed by atoms with E-state index in [0.29, 0.717) is 0 Å². The van der Waals surface area contributed by atoms with E-state index in [1.807, 2.05) is 23.9 Å². The van der Waals surface area contributed by atoms with E-state index in [4.69, 9.17) is 21.4 Å². The zero-order valence-corrected chi connectivity index (χ0v) is 17.0. The first-order valence-corrected chi connectivity index (χ1v) is 10.9. The number of morpholine rings is 1. The predicted octanol–water partition coefficient (Wildman–Crippen LogP) is 6.13.